The number of halogens is 2. The molecule has 4 heteroatoms. The Bertz CT molecular complexity index is 347. The van der Waals surface area contributed by atoms with Crippen LogP contribution in [0.25, 0.3) is 0 Å². The molecule has 2 nitrogen and oxygen atoms in total. The summed E-state index contributed by atoms with van der Waals surface area (Å²) in [6.45, 7) is 3.51. The Morgan fingerprint density at radius 2 is 2.00 bits per heavy atom. The van der Waals surface area contributed by atoms with Gasteiger partial charge < -0.3 is 10.5 Å². The van der Waals surface area contributed by atoms with Crippen LogP contribution in [0.3, 0.4) is 0 Å². The first kappa shape index (κ1) is 11.3. The van der Waals surface area contributed by atoms with Crippen molar-refractivity contribution in [3.8, 4) is 5.75 Å². The lowest BCUT2D eigenvalue weighted by molar-refractivity contribution is 0.408. The van der Waals surface area contributed by atoms with E-state index >= 15 is 0 Å². The van der Waals surface area contributed by atoms with Gasteiger partial charge in [-0.1, -0.05) is 11.6 Å². The van der Waals surface area contributed by atoms with E-state index in [-0.39, 0.29) is 5.02 Å². The molecule has 0 saturated heterocycles. The highest BCUT2D eigenvalue weighted by atomic mass is 35.5. The van der Waals surface area contributed by atoms with Crippen LogP contribution in [0.1, 0.15) is 19.4 Å². The van der Waals surface area contributed by atoms with Crippen molar-refractivity contribution in [3.05, 3.63) is 28.5 Å². The van der Waals surface area contributed by atoms with E-state index in [1.807, 2.05) is 0 Å². The van der Waals surface area contributed by atoms with Gasteiger partial charge in [0.1, 0.15) is 11.6 Å². The van der Waals surface area contributed by atoms with Crippen LogP contribution in [0.4, 0.5) is 4.39 Å². The molecular weight excluding hydrogens is 205 g/mol. The van der Waals surface area contributed by atoms with Crippen molar-refractivity contribution >= 4 is 11.6 Å². The number of hydrogen-bond donors (Lipinski definition) is 1. The van der Waals surface area contributed by atoms with Gasteiger partial charge in [-0.05, 0) is 25.5 Å². The second-order valence-electron chi connectivity index (χ2n) is 3.69. The largest absolute Gasteiger partial charge is 0.497 e. The van der Waals surface area contributed by atoms with Crippen LogP contribution in [-0.4, -0.2) is 7.11 Å². The Morgan fingerprint density at radius 3 is 2.43 bits per heavy atom. The average Bonchev–Trinajstić information content (AvgIpc) is 2.07. The molecule has 0 radical (unpaired) electrons. The summed E-state index contributed by atoms with van der Waals surface area (Å²) in [6, 6.07) is 2.88. The summed E-state index contributed by atoms with van der Waals surface area (Å²) >= 11 is 5.80. The van der Waals surface area contributed by atoms with Crippen LogP contribution >= 0.6 is 11.6 Å². The molecule has 14 heavy (non-hydrogen) atoms. The Hall–Kier alpha value is -0.800. The molecule has 0 aliphatic rings. The monoisotopic (exact) mass is 217 g/mol. The molecule has 1 rings (SSSR count). The molecule has 0 spiro atoms. The van der Waals surface area contributed by atoms with Crippen LogP contribution in [0.5, 0.6) is 5.75 Å². The van der Waals surface area contributed by atoms with Crippen molar-refractivity contribution in [1.82, 2.24) is 0 Å². The van der Waals surface area contributed by atoms with Crippen molar-refractivity contribution in [1.29, 1.82) is 0 Å². The van der Waals surface area contributed by atoms with Gasteiger partial charge in [-0.25, -0.2) is 4.39 Å². The number of rotatable bonds is 2. The average molecular weight is 218 g/mol. The van der Waals surface area contributed by atoms with Crippen LogP contribution < -0.4 is 10.5 Å². The first-order chi connectivity index (χ1) is 6.36. The number of ether oxygens (including phenoxy) is 1. The number of benzene rings is 1. The summed E-state index contributed by atoms with van der Waals surface area (Å²) in [5, 5.41) is 0.0540. The van der Waals surface area contributed by atoms with Crippen LogP contribution in [0.2, 0.25) is 5.02 Å². The van der Waals surface area contributed by atoms with Gasteiger partial charge in [0.15, 0.2) is 0 Å². The maximum absolute atomic E-state index is 13.3. The molecule has 1 aromatic rings. The molecule has 2 N–H and O–H groups in total. The zero-order chi connectivity index (χ0) is 10.9. The SMILES string of the molecule is COc1cc(F)c(Cl)c(C(C)(C)N)c1. The number of hydrogen-bond acceptors (Lipinski definition) is 2. The minimum Gasteiger partial charge on any atom is -0.497 e. The molecule has 0 aliphatic heterocycles. The van der Waals surface area contributed by atoms with Crippen LogP contribution in [-0.2, 0) is 5.54 Å². The predicted molar refractivity (Wildman–Crippen MR) is 55.2 cm³/mol. The molecule has 0 bridgehead atoms. The molecule has 0 atom stereocenters. The lowest BCUT2D eigenvalue weighted by atomic mass is 9.95. The summed E-state index contributed by atoms with van der Waals surface area (Å²) in [6.07, 6.45) is 0. The van der Waals surface area contributed by atoms with Crippen molar-refractivity contribution < 1.29 is 9.13 Å². The molecule has 0 aliphatic carbocycles. The highest BCUT2D eigenvalue weighted by Crippen LogP contribution is 2.31. The van der Waals surface area contributed by atoms with E-state index < -0.39 is 11.4 Å². The fraction of sp³-hybridized carbons (Fsp3) is 0.400. The second kappa shape index (κ2) is 3.75. The van der Waals surface area contributed by atoms with Crippen molar-refractivity contribution in [2.45, 2.75) is 19.4 Å². The molecule has 0 fully saturated rings. The maximum atomic E-state index is 13.3. The van der Waals surface area contributed by atoms with Gasteiger partial charge in [-0.15, -0.1) is 0 Å². The van der Waals surface area contributed by atoms with Gasteiger partial charge in [0.25, 0.3) is 0 Å². The van der Waals surface area contributed by atoms with Crippen molar-refractivity contribution in [2.75, 3.05) is 7.11 Å². The molecular formula is C10H13ClFNO. The summed E-state index contributed by atoms with van der Waals surface area (Å²) in [5.41, 5.74) is 5.69. The van der Waals surface area contributed by atoms with Gasteiger partial charge in [-0.2, -0.15) is 0 Å². The quantitative estimate of drug-likeness (QED) is 0.827. The lowest BCUT2D eigenvalue weighted by Crippen LogP contribution is -2.29. The summed E-state index contributed by atoms with van der Waals surface area (Å²) in [4.78, 5) is 0. The summed E-state index contributed by atoms with van der Waals surface area (Å²) in [5.74, 6) is -0.0973. The predicted octanol–water partition coefficient (Wildman–Crippen LogP) is 2.68. The molecule has 0 amide bonds. The third-order valence-electron chi connectivity index (χ3n) is 1.93. The van der Waals surface area contributed by atoms with E-state index in [9.17, 15) is 4.39 Å². The fourth-order valence-corrected chi connectivity index (χ4v) is 1.50. The lowest BCUT2D eigenvalue weighted by Gasteiger charge is -2.21. The normalized spacial score (nSPS) is 11.6. The molecule has 0 aromatic heterocycles. The minimum absolute atomic E-state index is 0.0540. The van der Waals surface area contributed by atoms with E-state index in [2.05, 4.69) is 0 Å². The van der Waals surface area contributed by atoms with Crippen LogP contribution in [0.15, 0.2) is 12.1 Å². The van der Waals surface area contributed by atoms with E-state index in [0.29, 0.717) is 11.3 Å². The highest BCUT2D eigenvalue weighted by Gasteiger charge is 2.21. The van der Waals surface area contributed by atoms with E-state index in [1.54, 1.807) is 19.9 Å². The zero-order valence-corrected chi connectivity index (χ0v) is 9.15. The summed E-state index contributed by atoms with van der Waals surface area (Å²) < 4.78 is 18.2. The third kappa shape index (κ3) is 2.16. The molecule has 78 valence electrons. The maximum Gasteiger partial charge on any atom is 0.145 e. The van der Waals surface area contributed by atoms with E-state index in [4.69, 9.17) is 22.1 Å². The first-order valence-corrected chi connectivity index (χ1v) is 4.56. The number of nitrogens with two attached hydrogens (primary N) is 1. The topological polar surface area (TPSA) is 35.2 Å². The summed E-state index contributed by atoms with van der Waals surface area (Å²) in [7, 11) is 1.47. The van der Waals surface area contributed by atoms with Gasteiger partial charge in [0, 0.05) is 11.6 Å². The highest BCUT2D eigenvalue weighted by molar-refractivity contribution is 6.31. The molecule has 0 heterocycles. The van der Waals surface area contributed by atoms with Gasteiger partial charge in [0.2, 0.25) is 0 Å². The Morgan fingerprint density at radius 1 is 1.43 bits per heavy atom. The fourth-order valence-electron chi connectivity index (χ4n) is 1.15. The van der Waals surface area contributed by atoms with E-state index in [0.717, 1.165) is 0 Å². The second-order valence-corrected chi connectivity index (χ2v) is 4.07. The Kier molecular flexibility index (Phi) is 3.02. The van der Waals surface area contributed by atoms with Crippen LogP contribution in [0, 0.1) is 5.82 Å². The Balaban J connectivity index is 3.35. The van der Waals surface area contributed by atoms with Crippen molar-refractivity contribution in [3.63, 3.8) is 0 Å². The number of methoxy groups -OCH3 is 1. The van der Waals surface area contributed by atoms with Gasteiger partial charge in [0.05, 0.1) is 12.1 Å². The molecule has 1 aromatic carbocycles. The Labute approximate surface area is 87.8 Å². The standard InChI is InChI=1S/C10H13ClFNO/c1-10(2,13)7-4-6(14-3)5-8(12)9(7)11/h4-5H,13H2,1-3H3. The van der Waals surface area contributed by atoms with E-state index in [1.165, 1.54) is 13.2 Å². The first-order valence-electron chi connectivity index (χ1n) is 4.18. The zero-order valence-electron chi connectivity index (χ0n) is 8.40. The third-order valence-corrected chi connectivity index (χ3v) is 2.32. The smallest absolute Gasteiger partial charge is 0.145 e. The minimum atomic E-state index is -0.688. The van der Waals surface area contributed by atoms with Crippen molar-refractivity contribution in [2.24, 2.45) is 5.73 Å². The van der Waals surface area contributed by atoms with Gasteiger partial charge >= 0.3 is 0 Å². The molecule has 0 unspecified atom stereocenters. The molecule has 0 saturated carbocycles. The van der Waals surface area contributed by atoms with Gasteiger partial charge in [-0.3, -0.25) is 0 Å².